The molecule has 2 heteroatoms. The Morgan fingerprint density at radius 3 is 2.67 bits per heavy atom. The number of hydrogen-bond acceptors (Lipinski definition) is 2. The lowest BCUT2D eigenvalue weighted by Gasteiger charge is -2.11. The highest BCUT2D eigenvalue weighted by molar-refractivity contribution is 5.69. The molecule has 2 nitrogen and oxygen atoms in total. The maximum absolute atomic E-state index is 10.9. The molecule has 1 aromatic rings. The molecular weight excluding hydrogens is 188 g/mol. The summed E-state index contributed by atoms with van der Waals surface area (Å²) in [4.78, 5) is 10.9. The van der Waals surface area contributed by atoms with E-state index in [-0.39, 0.29) is 12.1 Å². The number of benzene rings is 1. The molecule has 15 heavy (non-hydrogen) atoms. The summed E-state index contributed by atoms with van der Waals surface area (Å²) >= 11 is 0. The fourth-order valence-electron chi connectivity index (χ4n) is 1.82. The molecule has 0 saturated carbocycles. The summed E-state index contributed by atoms with van der Waals surface area (Å²) in [5.41, 5.74) is 1.98. The molecule has 0 amide bonds. The summed E-state index contributed by atoms with van der Waals surface area (Å²) in [6, 6.07) is 3.81. The second kappa shape index (κ2) is 3.39. The van der Waals surface area contributed by atoms with Crippen LogP contribution in [0.2, 0.25) is 0 Å². The Morgan fingerprint density at radius 1 is 1.33 bits per heavy atom. The fraction of sp³-hybridized carbons (Fsp3) is 0.154. The van der Waals surface area contributed by atoms with E-state index < -0.39 is 0 Å². The van der Waals surface area contributed by atoms with E-state index >= 15 is 0 Å². The Kier molecular flexibility index (Phi) is 2.19. The lowest BCUT2D eigenvalue weighted by atomic mass is 10.0. The fourth-order valence-corrected chi connectivity index (χ4v) is 1.82. The molecule has 1 aromatic carbocycles. The lowest BCUT2D eigenvalue weighted by molar-refractivity contribution is -0.144. The Labute approximate surface area is 88.2 Å². The molecule has 0 fully saturated rings. The standard InChI is InChI=1S/C13H12O2/c1-8-4-5-9(2)13-11(8)6-7-12(13)15-10(3)14/h4-7,12H,1-2H2,3H3. The molecule has 76 valence electrons. The van der Waals surface area contributed by atoms with Crippen molar-refractivity contribution < 1.29 is 9.53 Å². The molecule has 0 bridgehead atoms. The third kappa shape index (κ3) is 1.59. The first-order valence-corrected chi connectivity index (χ1v) is 4.76. The van der Waals surface area contributed by atoms with Crippen molar-refractivity contribution in [3.63, 3.8) is 0 Å². The number of carbonyl (C=O) groups is 1. The van der Waals surface area contributed by atoms with Crippen molar-refractivity contribution in [2.24, 2.45) is 0 Å². The molecule has 1 unspecified atom stereocenters. The summed E-state index contributed by atoms with van der Waals surface area (Å²) in [5, 5.41) is 1.82. The van der Waals surface area contributed by atoms with Gasteiger partial charge in [-0.3, -0.25) is 4.79 Å². The van der Waals surface area contributed by atoms with E-state index in [0.29, 0.717) is 0 Å². The summed E-state index contributed by atoms with van der Waals surface area (Å²) in [7, 11) is 0. The van der Waals surface area contributed by atoms with Crippen LogP contribution in [0.1, 0.15) is 24.2 Å². The monoisotopic (exact) mass is 200 g/mol. The van der Waals surface area contributed by atoms with Crippen LogP contribution in [0, 0.1) is 0 Å². The lowest BCUT2D eigenvalue weighted by Crippen LogP contribution is -2.19. The van der Waals surface area contributed by atoms with Crippen LogP contribution >= 0.6 is 0 Å². The number of hydrogen-bond donors (Lipinski definition) is 0. The predicted octanol–water partition coefficient (Wildman–Crippen LogP) is 1.14. The zero-order valence-electron chi connectivity index (χ0n) is 8.62. The number of rotatable bonds is 1. The van der Waals surface area contributed by atoms with Crippen LogP contribution < -0.4 is 10.4 Å². The second-order valence-electron chi connectivity index (χ2n) is 3.60. The van der Waals surface area contributed by atoms with Crippen LogP contribution in [0.25, 0.3) is 19.2 Å². The van der Waals surface area contributed by atoms with Gasteiger partial charge in [0.25, 0.3) is 0 Å². The molecule has 0 N–H and O–H groups in total. The number of fused-ring (bicyclic) bond motifs is 1. The summed E-state index contributed by atoms with van der Waals surface area (Å²) in [6.07, 6.45) is 3.49. The van der Waals surface area contributed by atoms with Gasteiger partial charge in [-0.2, -0.15) is 0 Å². The first-order chi connectivity index (χ1) is 7.09. The second-order valence-corrected chi connectivity index (χ2v) is 3.60. The Balaban J connectivity index is 2.55. The molecule has 0 saturated heterocycles. The Bertz CT molecular complexity index is 540. The van der Waals surface area contributed by atoms with Gasteiger partial charge in [0, 0.05) is 12.5 Å². The predicted molar refractivity (Wildman–Crippen MR) is 60.3 cm³/mol. The molecule has 1 aliphatic carbocycles. The molecule has 0 aromatic heterocycles. The molecule has 1 aliphatic rings. The number of esters is 1. The molecule has 0 heterocycles. The molecule has 0 radical (unpaired) electrons. The highest BCUT2D eigenvalue weighted by atomic mass is 16.5. The van der Waals surface area contributed by atoms with Crippen molar-refractivity contribution in [1.82, 2.24) is 0 Å². The van der Waals surface area contributed by atoms with Gasteiger partial charge in [-0.1, -0.05) is 31.4 Å². The first kappa shape index (κ1) is 9.71. The minimum atomic E-state index is -0.299. The number of carbonyl (C=O) groups excluding carboxylic acids is 1. The normalized spacial score (nSPS) is 17.5. The minimum absolute atomic E-state index is 0.286. The highest BCUT2D eigenvalue weighted by Gasteiger charge is 2.20. The van der Waals surface area contributed by atoms with E-state index in [1.165, 1.54) is 6.92 Å². The van der Waals surface area contributed by atoms with E-state index in [0.717, 1.165) is 21.6 Å². The Morgan fingerprint density at radius 2 is 2.00 bits per heavy atom. The number of ether oxygens (including phenoxy) is 1. The van der Waals surface area contributed by atoms with Crippen LogP contribution in [0.3, 0.4) is 0 Å². The van der Waals surface area contributed by atoms with Crippen LogP contribution in [-0.4, -0.2) is 5.97 Å². The van der Waals surface area contributed by atoms with Crippen LogP contribution in [0.4, 0.5) is 0 Å². The van der Waals surface area contributed by atoms with Crippen LogP contribution in [0.15, 0.2) is 18.2 Å². The van der Waals surface area contributed by atoms with Crippen molar-refractivity contribution >= 4 is 25.2 Å². The van der Waals surface area contributed by atoms with Crippen molar-refractivity contribution in [3.05, 3.63) is 39.8 Å². The zero-order valence-corrected chi connectivity index (χ0v) is 8.62. The first-order valence-electron chi connectivity index (χ1n) is 4.76. The third-order valence-corrected chi connectivity index (χ3v) is 2.48. The third-order valence-electron chi connectivity index (χ3n) is 2.48. The van der Waals surface area contributed by atoms with Gasteiger partial charge in [0.2, 0.25) is 0 Å². The summed E-state index contributed by atoms with van der Waals surface area (Å²) < 4.78 is 5.18. The van der Waals surface area contributed by atoms with Crippen molar-refractivity contribution in [1.29, 1.82) is 0 Å². The van der Waals surface area contributed by atoms with Gasteiger partial charge in [-0.05, 0) is 22.1 Å². The topological polar surface area (TPSA) is 26.3 Å². The molecule has 0 aliphatic heterocycles. The zero-order chi connectivity index (χ0) is 11.0. The highest BCUT2D eigenvalue weighted by Crippen LogP contribution is 2.25. The summed E-state index contributed by atoms with van der Waals surface area (Å²) in [6.45, 7) is 9.26. The van der Waals surface area contributed by atoms with Crippen LogP contribution in [-0.2, 0) is 9.53 Å². The van der Waals surface area contributed by atoms with Gasteiger partial charge < -0.3 is 4.74 Å². The van der Waals surface area contributed by atoms with Gasteiger partial charge in [0.05, 0.1) is 0 Å². The van der Waals surface area contributed by atoms with E-state index in [4.69, 9.17) is 4.74 Å². The average molecular weight is 200 g/mol. The van der Waals surface area contributed by atoms with E-state index in [2.05, 4.69) is 13.2 Å². The van der Waals surface area contributed by atoms with Crippen molar-refractivity contribution in [3.8, 4) is 0 Å². The SMILES string of the molecule is C=c1ccc(=C)c2c1C=CC2OC(C)=O. The maximum atomic E-state index is 10.9. The maximum Gasteiger partial charge on any atom is 0.303 e. The molecule has 2 rings (SSSR count). The van der Waals surface area contributed by atoms with E-state index in [1.807, 2.05) is 24.3 Å². The van der Waals surface area contributed by atoms with Gasteiger partial charge in [0.15, 0.2) is 0 Å². The molecule has 1 atom stereocenters. The van der Waals surface area contributed by atoms with Crippen molar-refractivity contribution in [2.75, 3.05) is 0 Å². The quantitative estimate of drug-likeness (QED) is 0.635. The van der Waals surface area contributed by atoms with Crippen molar-refractivity contribution in [2.45, 2.75) is 13.0 Å². The average Bonchev–Trinajstić information content (AvgIpc) is 2.56. The Hall–Kier alpha value is -1.83. The smallest absolute Gasteiger partial charge is 0.303 e. The summed E-state index contributed by atoms with van der Waals surface area (Å²) in [5.74, 6) is -0.286. The molecule has 0 spiro atoms. The van der Waals surface area contributed by atoms with Gasteiger partial charge in [0.1, 0.15) is 6.10 Å². The van der Waals surface area contributed by atoms with Gasteiger partial charge in [-0.15, -0.1) is 0 Å². The van der Waals surface area contributed by atoms with Gasteiger partial charge in [-0.25, -0.2) is 0 Å². The largest absolute Gasteiger partial charge is 0.453 e. The minimum Gasteiger partial charge on any atom is -0.453 e. The van der Waals surface area contributed by atoms with Gasteiger partial charge >= 0.3 is 5.97 Å². The van der Waals surface area contributed by atoms with E-state index in [1.54, 1.807) is 0 Å². The van der Waals surface area contributed by atoms with E-state index in [9.17, 15) is 4.79 Å². The molecular formula is C13H12O2. The van der Waals surface area contributed by atoms with Crippen LogP contribution in [0.5, 0.6) is 0 Å².